The van der Waals surface area contributed by atoms with Gasteiger partial charge in [-0.15, -0.1) is 0 Å². The Labute approximate surface area is 153 Å². The predicted octanol–water partition coefficient (Wildman–Crippen LogP) is 2.89. The molecular weight excluding hydrogens is 334 g/mol. The van der Waals surface area contributed by atoms with Crippen LogP contribution in [0.1, 0.15) is 23.6 Å². The Bertz CT molecular complexity index is 790. The van der Waals surface area contributed by atoms with E-state index in [2.05, 4.69) is 5.32 Å². The van der Waals surface area contributed by atoms with Crippen molar-refractivity contribution >= 4 is 5.91 Å². The number of hydrogen-bond acceptors (Lipinski definition) is 5. The van der Waals surface area contributed by atoms with Crippen molar-refractivity contribution in [3.05, 3.63) is 47.5 Å². The lowest BCUT2D eigenvalue weighted by Crippen LogP contribution is -2.33. The van der Waals surface area contributed by atoms with Gasteiger partial charge in [-0.25, -0.2) is 0 Å². The first-order chi connectivity index (χ1) is 12.7. The van der Waals surface area contributed by atoms with Gasteiger partial charge in [0.25, 0.3) is 0 Å². The van der Waals surface area contributed by atoms with E-state index in [1.807, 2.05) is 30.3 Å². The Kier molecular flexibility index (Phi) is 5.51. The lowest BCUT2D eigenvalue weighted by molar-refractivity contribution is -0.121. The van der Waals surface area contributed by atoms with Crippen LogP contribution in [0.25, 0.3) is 0 Å². The van der Waals surface area contributed by atoms with Gasteiger partial charge in [-0.1, -0.05) is 24.3 Å². The average molecular weight is 357 g/mol. The average Bonchev–Trinajstić information content (AvgIpc) is 2.67. The summed E-state index contributed by atoms with van der Waals surface area (Å²) in [5, 5.41) is 3.09. The smallest absolute Gasteiger partial charge is 0.225 e. The van der Waals surface area contributed by atoms with Crippen LogP contribution in [0.5, 0.6) is 23.0 Å². The van der Waals surface area contributed by atoms with Crippen molar-refractivity contribution in [2.45, 2.75) is 18.9 Å². The molecule has 1 heterocycles. The van der Waals surface area contributed by atoms with Crippen LogP contribution in [0.4, 0.5) is 0 Å². The van der Waals surface area contributed by atoms with Crippen molar-refractivity contribution in [1.29, 1.82) is 0 Å². The first-order valence-electron chi connectivity index (χ1n) is 8.46. The van der Waals surface area contributed by atoms with E-state index in [-0.39, 0.29) is 18.4 Å². The lowest BCUT2D eigenvalue weighted by atomic mass is 10.00. The fourth-order valence-electron chi connectivity index (χ4n) is 3.21. The zero-order valence-electron chi connectivity index (χ0n) is 15.2. The SMILES string of the molecule is COc1ccc(CC(=O)NC2CCOc3ccccc32)c(OC)c1OC. The number of methoxy groups -OCH3 is 3. The van der Waals surface area contributed by atoms with Gasteiger partial charge in [-0.3, -0.25) is 4.79 Å². The van der Waals surface area contributed by atoms with Gasteiger partial charge >= 0.3 is 0 Å². The van der Waals surface area contributed by atoms with Crippen LogP contribution in [0, 0.1) is 0 Å². The first kappa shape index (κ1) is 17.9. The number of ether oxygens (including phenoxy) is 4. The molecule has 1 N–H and O–H groups in total. The molecule has 0 bridgehead atoms. The maximum Gasteiger partial charge on any atom is 0.225 e. The number of fused-ring (bicyclic) bond motifs is 1. The fraction of sp³-hybridized carbons (Fsp3) is 0.350. The summed E-state index contributed by atoms with van der Waals surface area (Å²) in [6.45, 7) is 0.585. The van der Waals surface area contributed by atoms with E-state index in [1.54, 1.807) is 27.4 Å². The molecule has 0 aromatic heterocycles. The molecular formula is C20H23NO5. The fourth-order valence-corrected chi connectivity index (χ4v) is 3.21. The van der Waals surface area contributed by atoms with Gasteiger partial charge in [0, 0.05) is 17.5 Å². The second-order valence-electron chi connectivity index (χ2n) is 5.97. The van der Waals surface area contributed by atoms with Crippen LogP contribution >= 0.6 is 0 Å². The second kappa shape index (κ2) is 7.99. The van der Waals surface area contributed by atoms with Crippen molar-refractivity contribution < 1.29 is 23.7 Å². The molecule has 1 atom stereocenters. The predicted molar refractivity (Wildman–Crippen MR) is 97.2 cm³/mol. The summed E-state index contributed by atoms with van der Waals surface area (Å²) in [4.78, 5) is 12.6. The monoisotopic (exact) mass is 357 g/mol. The van der Waals surface area contributed by atoms with Gasteiger partial charge in [-0.05, 0) is 12.1 Å². The molecule has 2 aromatic carbocycles. The number of hydrogen-bond donors (Lipinski definition) is 1. The van der Waals surface area contributed by atoms with E-state index in [4.69, 9.17) is 18.9 Å². The molecule has 0 fully saturated rings. The zero-order chi connectivity index (χ0) is 18.5. The molecule has 1 unspecified atom stereocenters. The zero-order valence-corrected chi connectivity index (χ0v) is 15.2. The van der Waals surface area contributed by atoms with E-state index in [0.29, 0.717) is 23.9 Å². The molecule has 0 saturated heterocycles. The van der Waals surface area contributed by atoms with E-state index < -0.39 is 0 Å². The Morgan fingerprint density at radius 2 is 1.85 bits per heavy atom. The number of nitrogens with one attached hydrogen (secondary N) is 1. The van der Waals surface area contributed by atoms with Crippen LogP contribution in [-0.2, 0) is 11.2 Å². The summed E-state index contributed by atoms with van der Waals surface area (Å²) < 4.78 is 21.8. The third-order valence-electron chi connectivity index (χ3n) is 4.43. The van der Waals surface area contributed by atoms with Gasteiger partial charge in [0.2, 0.25) is 11.7 Å². The third kappa shape index (κ3) is 3.54. The molecule has 6 heteroatoms. The first-order valence-corrected chi connectivity index (χ1v) is 8.46. The summed E-state index contributed by atoms with van der Waals surface area (Å²) in [6, 6.07) is 11.3. The Morgan fingerprint density at radius 1 is 1.08 bits per heavy atom. The highest BCUT2D eigenvalue weighted by molar-refractivity contribution is 5.80. The number of amides is 1. The molecule has 6 nitrogen and oxygen atoms in total. The number of benzene rings is 2. The Balaban J connectivity index is 1.77. The van der Waals surface area contributed by atoms with E-state index in [9.17, 15) is 4.79 Å². The molecule has 1 aliphatic heterocycles. The minimum atomic E-state index is -0.0859. The quantitative estimate of drug-likeness (QED) is 0.861. The van der Waals surface area contributed by atoms with E-state index >= 15 is 0 Å². The molecule has 1 amide bonds. The summed E-state index contributed by atoms with van der Waals surface area (Å²) in [5.41, 5.74) is 1.74. The number of para-hydroxylation sites is 1. The molecule has 0 saturated carbocycles. The Morgan fingerprint density at radius 3 is 2.58 bits per heavy atom. The van der Waals surface area contributed by atoms with Crippen molar-refractivity contribution in [1.82, 2.24) is 5.32 Å². The van der Waals surface area contributed by atoms with Crippen LogP contribution in [0.2, 0.25) is 0 Å². The normalized spacial score (nSPS) is 15.4. The topological polar surface area (TPSA) is 66.0 Å². The molecule has 2 aromatic rings. The van der Waals surface area contributed by atoms with Crippen LogP contribution < -0.4 is 24.3 Å². The van der Waals surface area contributed by atoms with Crippen LogP contribution in [0.3, 0.4) is 0 Å². The molecule has 0 radical (unpaired) electrons. The third-order valence-corrected chi connectivity index (χ3v) is 4.43. The van der Waals surface area contributed by atoms with Gasteiger partial charge in [0.1, 0.15) is 5.75 Å². The molecule has 26 heavy (non-hydrogen) atoms. The van der Waals surface area contributed by atoms with Gasteiger partial charge in [0.05, 0.1) is 40.4 Å². The van der Waals surface area contributed by atoms with Crippen molar-refractivity contribution in [3.8, 4) is 23.0 Å². The Hall–Kier alpha value is -2.89. The van der Waals surface area contributed by atoms with Crippen molar-refractivity contribution in [2.75, 3.05) is 27.9 Å². The maximum atomic E-state index is 12.6. The van der Waals surface area contributed by atoms with Crippen molar-refractivity contribution in [3.63, 3.8) is 0 Å². The largest absolute Gasteiger partial charge is 0.493 e. The number of carbonyl (C=O) groups excluding carboxylic acids is 1. The molecule has 1 aliphatic rings. The van der Waals surface area contributed by atoms with Crippen molar-refractivity contribution in [2.24, 2.45) is 0 Å². The summed E-state index contributed by atoms with van der Waals surface area (Å²) in [6.07, 6.45) is 0.925. The van der Waals surface area contributed by atoms with E-state index in [0.717, 1.165) is 23.3 Å². The molecule has 0 aliphatic carbocycles. The minimum Gasteiger partial charge on any atom is -0.493 e. The second-order valence-corrected chi connectivity index (χ2v) is 5.97. The molecule has 0 spiro atoms. The molecule has 3 rings (SSSR count). The number of rotatable bonds is 6. The highest BCUT2D eigenvalue weighted by Crippen LogP contribution is 2.40. The highest BCUT2D eigenvalue weighted by atomic mass is 16.5. The maximum absolute atomic E-state index is 12.6. The van der Waals surface area contributed by atoms with Gasteiger partial charge < -0.3 is 24.3 Å². The number of carbonyl (C=O) groups is 1. The minimum absolute atomic E-state index is 0.0569. The van der Waals surface area contributed by atoms with Crippen LogP contribution in [-0.4, -0.2) is 33.8 Å². The summed E-state index contributed by atoms with van der Waals surface area (Å²) in [7, 11) is 4.66. The van der Waals surface area contributed by atoms with Gasteiger partial charge in [-0.2, -0.15) is 0 Å². The molecule has 138 valence electrons. The summed E-state index contributed by atoms with van der Waals surface area (Å²) >= 11 is 0. The standard InChI is InChI=1S/C20H23NO5/c1-23-17-9-8-13(19(24-2)20(17)25-3)12-18(22)21-15-10-11-26-16-7-5-4-6-14(15)16/h4-9,15H,10-12H2,1-3H3,(H,21,22). The summed E-state index contributed by atoms with van der Waals surface area (Å²) in [5.74, 6) is 2.29. The highest BCUT2D eigenvalue weighted by Gasteiger charge is 2.24. The van der Waals surface area contributed by atoms with Gasteiger partial charge in [0.15, 0.2) is 11.5 Å². The lowest BCUT2D eigenvalue weighted by Gasteiger charge is -2.26. The van der Waals surface area contributed by atoms with Crippen LogP contribution in [0.15, 0.2) is 36.4 Å². The van der Waals surface area contributed by atoms with E-state index in [1.165, 1.54) is 0 Å².